The van der Waals surface area contributed by atoms with Crippen LogP contribution in [0.1, 0.15) is 5.56 Å². The minimum Gasteiger partial charge on any atom is -0.399 e. The lowest BCUT2D eigenvalue weighted by Crippen LogP contribution is -1.86. The number of hydrogen-bond donors (Lipinski definition) is 2. The van der Waals surface area contributed by atoms with Gasteiger partial charge >= 0.3 is 0 Å². The average molecular weight is 266 g/mol. The van der Waals surface area contributed by atoms with Gasteiger partial charge in [0.25, 0.3) is 0 Å². The molecule has 4 N–H and O–H groups in total. The van der Waals surface area contributed by atoms with Gasteiger partial charge in [-0.15, -0.1) is 10.0 Å². The largest absolute Gasteiger partial charge is 0.399 e. The maximum Gasteiger partial charge on any atom is 0.138 e. The summed E-state index contributed by atoms with van der Waals surface area (Å²) in [6.45, 7) is 0. The second-order valence-electron chi connectivity index (χ2n) is 3.93. The zero-order valence-electron chi connectivity index (χ0n) is 10.3. The number of benzene rings is 2. The molecule has 2 rings (SSSR count). The summed E-state index contributed by atoms with van der Waals surface area (Å²) in [7, 11) is 0. The third kappa shape index (κ3) is 2.76. The summed E-state index contributed by atoms with van der Waals surface area (Å²) >= 11 is 0. The van der Waals surface area contributed by atoms with Crippen LogP contribution in [-0.2, 0) is 0 Å². The highest BCUT2D eigenvalue weighted by Crippen LogP contribution is 2.35. The van der Waals surface area contributed by atoms with Crippen LogP contribution in [0, 0.1) is 16.2 Å². The first kappa shape index (κ1) is 13.2. The van der Waals surface area contributed by atoms with E-state index in [2.05, 4.69) is 15.4 Å². The predicted molar refractivity (Wildman–Crippen MR) is 76.1 cm³/mol. The lowest BCUT2D eigenvalue weighted by Gasteiger charge is -2.01. The van der Waals surface area contributed by atoms with E-state index in [1.807, 2.05) is 6.07 Å². The first-order valence-corrected chi connectivity index (χ1v) is 5.58. The zero-order valence-corrected chi connectivity index (χ0v) is 10.3. The summed E-state index contributed by atoms with van der Waals surface area (Å²) in [6.07, 6.45) is 0. The van der Waals surface area contributed by atoms with Gasteiger partial charge in [0.15, 0.2) is 0 Å². The third-order valence-electron chi connectivity index (χ3n) is 2.49. The average Bonchev–Trinajstić information content (AvgIpc) is 2.46. The Morgan fingerprint density at radius 2 is 1.70 bits per heavy atom. The van der Waals surface area contributed by atoms with E-state index in [4.69, 9.17) is 16.7 Å². The predicted octanol–water partition coefficient (Wildman–Crippen LogP) is 3.54. The van der Waals surface area contributed by atoms with Gasteiger partial charge < -0.3 is 11.5 Å². The summed E-state index contributed by atoms with van der Waals surface area (Å²) < 4.78 is 0. The van der Waals surface area contributed by atoms with Gasteiger partial charge in [0.05, 0.1) is 11.3 Å². The minimum absolute atomic E-state index is 0.0271. The molecule has 7 nitrogen and oxygen atoms in total. The van der Waals surface area contributed by atoms with Crippen LogP contribution in [0.5, 0.6) is 0 Å². The zero-order chi connectivity index (χ0) is 14.5. The number of azo groups is 1. The number of rotatable bonds is 3. The highest BCUT2D eigenvalue weighted by atomic mass is 16.3. The molecule has 0 fully saturated rings. The van der Waals surface area contributed by atoms with Crippen molar-refractivity contribution in [1.29, 1.82) is 5.26 Å². The van der Waals surface area contributed by atoms with Crippen molar-refractivity contribution in [2.75, 3.05) is 11.5 Å². The molecule has 0 amide bonds. The molecule has 0 saturated heterocycles. The molecular formula is C13H10N6O. The molecule has 0 aromatic heterocycles. The number of nitrogens with two attached hydrogens (primary N) is 2. The van der Waals surface area contributed by atoms with Gasteiger partial charge in [0.1, 0.15) is 17.4 Å². The molecule has 0 bridgehead atoms. The van der Waals surface area contributed by atoms with Crippen LogP contribution in [0.25, 0.3) is 0 Å². The fourth-order valence-corrected chi connectivity index (χ4v) is 1.55. The molecule has 7 heteroatoms. The Morgan fingerprint density at radius 3 is 2.30 bits per heavy atom. The van der Waals surface area contributed by atoms with E-state index in [1.54, 1.807) is 24.3 Å². The number of nitrogens with zero attached hydrogens (tertiary/aromatic N) is 4. The smallest absolute Gasteiger partial charge is 0.138 e. The third-order valence-corrected chi connectivity index (χ3v) is 2.49. The van der Waals surface area contributed by atoms with Gasteiger partial charge in [-0.3, -0.25) is 0 Å². The molecule has 2 aromatic rings. The summed E-state index contributed by atoms with van der Waals surface area (Å²) in [5, 5.41) is 19.7. The Hall–Kier alpha value is -3.27. The van der Waals surface area contributed by atoms with Crippen LogP contribution in [0.15, 0.2) is 51.8 Å². The van der Waals surface area contributed by atoms with Gasteiger partial charge in [-0.25, -0.2) is 0 Å². The van der Waals surface area contributed by atoms with E-state index in [-0.39, 0.29) is 22.6 Å². The van der Waals surface area contributed by atoms with Gasteiger partial charge in [0.2, 0.25) is 0 Å². The Kier molecular flexibility index (Phi) is 3.67. The molecular weight excluding hydrogens is 256 g/mol. The Morgan fingerprint density at radius 1 is 1.00 bits per heavy atom. The Bertz CT molecular complexity index is 715. The molecule has 0 spiro atoms. The normalized spacial score (nSPS) is 10.3. The fourth-order valence-electron chi connectivity index (χ4n) is 1.55. The van der Waals surface area contributed by atoms with Crippen molar-refractivity contribution in [3.8, 4) is 6.07 Å². The van der Waals surface area contributed by atoms with Crippen molar-refractivity contribution >= 4 is 28.4 Å². The molecule has 2 aromatic carbocycles. The van der Waals surface area contributed by atoms with Crippen molar-refractivity contribution in [2.24, 2.45) is 15.4 Å². The van der Waals surface area contributed by atoms with Crippen molar-refractivity contribution in [3.63, 3.8) is 0 Å². The number of nitroso groups, excluding NO2 is 1. The summed E-state index contributed by atoms with van der Waals surface area (Å²) in [5.41, 5.74) is 12.7. The molecule has 0 saturated carbocycles. The van der Waals surface area contributed by atoms with Gasteiger partial charge in [-0.2, -0.15) is 10.4 Å². The molecule has 20 heavy (non-hydrogen) atoms. The second kappa shape index (κ2) is 5.58. The maximum atomic E-state index is 10.8. The molecule has 0 atom stereocenters. The number of anilines is 2. The van der Waals surface area contributed by atoms with E-state index in [1.165, 1.54) is 12.1 Å². The molecule has 98 valence electrons. The van der Waals surface area contributed by atoms with E-state index < -0.39 is 0 Å². The van der Waals surface area contributed by atoms with Crippen molar-refractivity contribution in [1.82, 2.24) is 0 Å². The summed E-state index contributed by atoms with van der Waals surface area (Å²) in [4.78, 5) is 10.8. The first-order valence-electron chi connectivity index (χ1n) is 5.58. The lowest BCUT2D eigenvalue weighted by atomic mass is 10.1. The fraction of sp³-hybridized carbons (Fsp3) is 0. The molecule has 0 aliphatic rings. The van der Waals surface area contributed by atoms with Crippen LogP contribution in [0.3, 0.4) is 0 Å². The molecule has 0 heterocycles. The molecule has 0 aliphatic heterocycles. The monoisotopic (exact) mass is 266 g/mol. The van der Waals surface area contributed by atoms with E-state index >= 15 is 0 Å². The van der Waals surface area contributed by atoms with Crippen molar-refractivity contribution in [2.45, 2.75) is 0 Å². The molecule has 0 radical (unpaired) electrons. The Balaban J connectivity index is 2.45. The molecule has 0 aliphatic carbocycles. The summed E-state index contributed by atoms with van der Waals surface area (Å²) in [6, 6.07) is 11.3. The number of nitriles is 1. The van der Waals surface area contributed by atoms with E-state index in [9.17, 15) is 4.91 Å². The second-order valence-corrected chi connectivity index (χ2v) is 3.93. The Labute approximate surface area is 114 Å². The topological polar surface area (TPSA) is 130 Å². The SMILES string of the molecule is N#Cc1cc(N)cc(N=O)c1N=Nc1ccc(N)cc1. The maximum absolute atomic E-state index is 10.8. The first-order chi connectivity index (χ1) is 9.63. The van der Waals surface area contributed by atoms with Gasteiger partial charge in [0, 0.05) is 11.4 Å². The standard InChI is InChI=1S/C13H10N6O/c14-7-8-5-10(16)6-12(19-20)13(8)18-17-11-3-1-9(15)2-4-11/h1-6H,15-16H2. The molecule has 0 unspecified atom stereocenters. The van der Waals surface area contributed by atoms with Crippen molar-refractivity contribution < 1.29 is 0 Å². The van der Waals surface area contributed by atoms with E-state index in [0.29, 0.717) is 11.4 Å². The lowest BCUT2D eigenvalue weighted by molar-refractivity contribution is 1.22. The number of hydrogen-bond acceptors (Lipinski definition) is 7. The van der Waals surface area contributed by atoms with Crippen LogP contribution in [0.2, 0.25) is 0 Å². The van der Waals surface area contributed by atoms with Gasteiger partial charge in [-0.1, -0.05) is 0 Å². The highest BCUT2D eigenvalue weighted by Gasteiger charge is 2.10. The van der Waals surface area contributed by atoms with Gasteiger partial charge in [-0.05, 0) is 41.6 Å². The van der Waals surface area contributed by atoms with Crippen LogP contribution in [-0.4, -0.2) is 0 Å². The quantitative estimate of drug-likeness (QED) is 0.499. The highest BCUT2D eigenvalue weighted by molar-refractivity contribution is 5.74. The number of nitrogen functional groups attached to an aromatic ring is 2. The van der Waals surface area contributed by atoms with Crippen LogP contribution in [0.4, 0.5) is 28.4 Å². The van der Waals surface area contributed by atoms with Crippen LogP contribution < -0.4 is 11.5 Å². The summed E-state index contributed by atoms with van der Waals surface area (Å²) in [5.74, 6) is 0. The van der Waals surface area contributed by atoms with Crippen molar-refractivity contribution in [3.05, 3.63) is 46.9 Å². The minimum atomic E-state index is -0.0271. The van der Waals surface area contributed by atoms with Crippen LogP contribution >= 0.6 is 0 Å². The van der Waals surface area contributed by atoms with E-state index in [0.717, 1.165) is 0 Å².